The van der Waals surface area contributed by atoms with Crippen molar-refractivity contribution >= 4 is 15.9 Å². The second kappa shape index (κ2) is 4.83. The van der Waals surface area contributed by atoms with Gasteiger partial charge < -0.3 is 10.5 Å². The molecule has 106 valence electrons. The van der Waals surface area contributed by atoms with Crippen LogP contribution in [0.3, 0.4) is 0 Å². The molecular formula is C15H21BrFNO. The van der Waals surface area contributed by atoms with Crippen LogP contribution in [-0.2, 0) is 4.74 Å². The Bertz CT molecular complexity index is 467. The Labute approximate surface area is 122 Å². The molecule has 1 aliphatic heterocycles. The Morgan fingerprint density at radius 3 is 2.42 bits per heavy atom. The second-order valence-electron chi connectivity index (χ2n) is 6.50. The molecule has 2 nitrogen and oxygen atoms in total. The lowest BCUT2D eigenvalue weighted by Gasteiger charge is -2.31. The Hall–Kier alpha value is -0.450. The van der Waals surface area contributed by atoms with E-state index in [1.807, 2.05) is 6.07 Å². The minimum atomic E-state index is -0.304. The molecular weight excluding hydrogens is 309 g/mol. The zero-order chi connectivity index (χ0) is 14.4. The number of ether oxygens (including phenoxy) is 1. The van der Waals surface area contributed by atoms with E-state index in [0.717, 1.165) is 12.0 Å². The van der Waals surface area contributed by atoms with Gasteiger partial charge in [-0.2, -0.15) is 0 Å². The van der Waals surface area contributed by atoms with Crippen LogP contribution in [-0.4, -0.2) is 11.2 Å². The van der Waals surface area contributed by atoms with E-state index in [9.17, 15) is 4.39 Å². The number of hydrogen-bond donors (Lipinski definition) is 1. The lowest BCUT2D eigenvalue weighted by Crippen LogP contribution is -2.35. The van der Waals surface area contributed by atoms with Crippen molar-refractivity contribution in [3.05, 3.63) is 34.1 Å². The fourth-order valence-electron chi connectivity index (χ4n) is 3.16. The molecule has 0 bridgehead atoms. The maximum absolute atomic E-state index is 13.5. The molecule has 4 heteroatoms. The molecule has 0 amide bonds. The van der Waals surface area contributed by atoms with Gasteiger partial charge in [0.25, 0.3) is 0 Å². The van der Waals surface area contributed by atoms with Crippen molar-refractivity contribution < 1.29 is 9.13 Å². The van der Waals surface area contributed by atoms with E-state index in [2.05, 4.69) is 43.6 Å². The zero-order valence-corrected chi connectivity index (χ0v) is 13.4. The average molecular weight is 330 g/mol. The molecule has 0 saturated carbocycles. The number of rotatable bonds is 2. The van der Waals surface area contributed by atoms with Crippen LogP contribution in [0, 0.1) is 11.7 Å². The van der Waals surface area contributed by atoms with Gasteiger partial charge in [0.05, 0.1) is 11.2 Å². The first-order valence-corrected chi connectivity index (χ1v) is 7.32. The molecule has 1 fully saturated rings. The highest BCUT2D eigenvalue weighted by Crippen LogP contribution is 2.47. The summed E-state index contributed by atoms with van der Waals surface area (Å²) in [7, 11) is 0. The number of nitrogens with two attached hydrogens (primary N) is 1. The zero-order valence-electron chi connectivity index (χ0n) is 11.8. The molecule has 0 aliphatic carbocycles. The standard InChI is InChI=1S/C15H21BrFNO/c1-14(2)8-12(15(3,4)19-14)13(18)9-5-10(16)7-11(17)6-9/h5-7,12-13H,8,18H2,1-4H3. The summed E-state index contributed by atoms with van der Waals surface area (Å²) < 4.78 is 20.3. The van der Waals surface area contributed by atoms with E-state index in [1.54, 1.807) is 0 Å². The van der Waals surface area contributed by atoms with E-state index in [-0.39, 0.29) is 29.0 Å². The summed E-state index contributed by atoms with van der Waals surface area (Å²) in [6.07, 6.45) is 0.870. The van der Waals surface area contributed by atoms with Gasteiger partial charge in [0.2, 0.25) is 0 Å². The number of hydrogen-bond acceptors (Lipinski definition) is 2. The van der Waals surface area contributed by atoms with Gasteiger partial charge in [-0.3, -0.25) is 0 Å². The highest BCUT2D eigenvalue weighted by atomic mass is 79.9. The van der Waals surface area contributed by atoms with E-state index in [4.69, 9.17) is 10.5 Å². The molecule has 2 atom stereocenters. The highest BCUT2D eigenvalue weighted by molar-refractivity contribution is 9.10. The van der Waals surface area contributed by atoms with Gasteiger partial charge in [-0.05, 0) is 57.9 Å². The van der Waals surface area contributed by atoms with Gasteiger partial charge >= 0.3 is 0 Å². The molecule has 0 aromatic heterocycles. The summed E-state index contributed by atoms with van der Waals surface area (Å²) in [5.74, 6) is -0.105. The second-order valence-corrected chi connectivity index (χ2v) is 7.42. The topological polar surface area (TPSA) is 35.2 Å². The largest absolute Gasteiger partial charge is 0.369 e. The summed E-state index contributed by atoms with van der Waals surface area (Å²) in [4.78, 5) is 0. The van der Waals surface area contributed by atoms with Crippen LogP contribution in [0.15, 0.2) is 22.7 Å². The number of halogens is 2. The summed E-state index contributed by atoms with van der Waals surface area (Å²) >= 11 is 3.31. The third-order valence-electron chi connectivity index (χ3n) is 3.85. The van der Waals surface area contributed by atoms with Crippen LogP contribution in [0.2, 0.25) is 0 Å². The third-order valence-corrected chi connectivity index (χ3v) is 4.30. The molecule has 2 unspecified atom stereocenters. The van der Waals surface area contributed by atoms with E-state index in [1.165, 1.54) is 12.1 Å². The Morgan fingerprint density at radius 2 is 1.95 bits per heavy atom. The van der Waals surface area contributed by atoms with E-state index >= 15 is 0 Å². The Morgan fingerprint density at radius 1 is 1.32 bits per heavy atom. The molecule has 1 aromatic rings. The number of benzene rings is 1. The van der Waals surface area contributed by atoms with E-state index in [0.29, 0.717) is 4.47 Å². The molecule has 0 radical (unpaired) electrons. The first-order valence-electron chi connectivity index (χ1n) is 6.52. The van der Waals surface area contributed by atoms with Crippen LogP contribution in [0.5, 0.6) is 0 Å². The monoisotopic (exact) mass is 329 g/mol. The van der Waals surface area contributed by atoms with Crippen LogP contribution in [0.1, 0.15) is 45.7 Å². The van der Waals surface area contributed by atoms with Crippen LogP contribution >= 0.6 is 15.9 Å². The molecule has 1 heterocycles. The van der Waals surface area contributed by atoms with Crippen molar-refractivity contribution in [3.8, 4) is 0 Å². The fraction of sp³-hybridized carbons (Fsp3) is 0.600. The van der Waals surface area contributed by atoms with Gasteiger partial charge in [-0.15, -0.1) is 0 Å². The third kappa shape index (κ3) is 3.18. The highest BCUT2D eigenvalue weighted by Gasteiger charge is 2.48. The van der Waals surface area contributed by atoms with Gasteiger partial charge in [-0.1, -0.05) is 15.9 Å². The lowest BCUT2D eigenvalue weighted by molar-refractivity contribution is -0.0767. The van der Waals surface area contributed by atoms with Gasteiger partial charge in [-0.25, -0.2) is 4.39 Å². The summed E-state index contributed by atoms with van der Waals surface area (Å²) in [6.45, 7) is 8.26. The SMILES string of the molecule is CC1(C)CC(C(N)c2cc(F)cc(Br)c2)C(C)(C)O1. The smallest absolute Gasteiger partial charge is 0.124 e. The Kier molecular flexibility index (Phi) is 3.80. The first kappa shape index (κ1) is 14.9. The molecule has 1 aliphatic rings. The van der Waals surface area contributed by atoms with Crippen LogP contribution in [0.4, 0.5) is 4.39 Å². The molecule has 1 aromatic carbocycles. The van der Waals surface area contributed by atoms with E-state index < -0.39 is 0 Å². The van der Waals surface area contributed by atoms with Crippen LogP contribution in [0.25, 0.3) is 0 Å². The van der Waals surface area contributed by atoms with Crippen molar-refractivity contribution in [1.82, 2.24) is 0 Å². The van der Waals surface area contributed by atoms with Crippen molar-refractivity contribution in [3.63, 3.8) is 0 Å². The predicted molar refractivity (Wildman–Crippen MR) is 78.4 cm³/mol. The van der Waals surface area contributed by atoms with Crippen molar-refractivity contribution in [2.24, 2.45) is 11.7 Å². The fourth-order valence-corrected chi connectivity index (χ4v) is 3.65. The van der Waals surface area contributed by atoms with Gasteiger partial charge in [0.1, 0.15) is 5.82 Å². The quantitative estimate of drug-likeness (QED) is 0.883. The molecule has 19 heavy (non-hydrogen) atoms. The summed E-state index contributed by atoms with van der Waals surface area (Å²) in [5, 5.41) is 0. The summed E-state index contributed by atoms with van der Waals surface area (Å²) in [6, 6.07) is 4.60. The van der Waals surface area contributed by atoms with Crippen molar-refractivity contribution in [2.45, 2.75) is 51.4 Å². The minimum Gasteiger partial charge on any atom is -0.369 e. The first-order chi connectivity index (χ1) is 8.61. The minimum absolute atomic E-state index is 0.163. The average Bonchev–Trinajstić information content (AvgIpc) is 2.44. The van der Waals surface area contributed by atoms with Gasteiger partial charge in [0.15, 0.2) is 0 Å². The lowest BCUT2D eigenvalue weighted by atomic mass is 9.79. The molecule has 2 N–H and O–H groups in total. The molecule has 1 saturated heterocycles. The van der Waals surface area contributed by atoms with Crippen LogP contribution < -0.4 is 5.73 Å². The predicted octanol–water partition coefficient (Wildman–Crippen LogP) is 4.18. The Balaban J connectivity index is 2.31. The molecule has 2 rings (SSSR count). The van der Waals surface area contributed by atoms with Crippen molar-refractivity contribution in [2.75, 3.05) is 0 Å². The van der Waals surface area contributed by atoms with Crippen molar-refractivity contribution in [1.29, 1.82) is 0 Å². The maximum Gasteiger partial charge on any atom is 0.124 e. The maximum atomic E-state index is 13.5. The molecule has 0 spiro atoms. The normalized spacial score (nSPS) is 26.4. The van der Waals surface area contributed by atoms with Gasteiger partial charge in [0, 0.05) is 16.4 Å². The summed E-state index contributed by atoms with van der Waals surface area (Å²) in [5.41, 5.74) is 6.69.